The Hall–Kier alpha value is -3.08. The van der Waals surface area contributed by atoms with Crippen LogP contribution in [-0.2, 0) is 0 Å². The lowest BCUT2D eigenvalue weighted by atomic mass is 10.0. The number of aromatic nitrogens is 3. The average molecular weight is 276 g/mol. The van der Waals surface area contributed by atoms with Crippen LogP contribution in [0.4, 0.5) is 5.82 Å². The molecule has 0 unspecified atom stereocenters. The molecule has 4 aromatic rings. The van der Waals surface area contributed by atoms with Crippen molar-refractivity contribution in [1.29, 1.82) is 0 Å². The number of hydrogen-bond acceptors (Lipinski definition) is 4. The van der Waals surface area contributed by atoms with Crippen LogP contribution in [0.5, 0.6) is 0 Å². The highest BCUT2D eigenvalue weighted by molar-refractivity contribution is 5.99. The molecule has 0 fully saturated rings. The molecule has 0 amide bonds. The standard InChI is InChI=1S/C16H12N4O/c17-16-14(10-4-3-7-18-8-10)15(19-20-16)12-9-21-13-6-2-1-5-11(12)13/h1-9H,(H3,17,19,20). The minimum atomic E-state index is 0.447. The number of aromatic amines is 1. The lowest BCUT2D eigenvalue weighted by Gasteiger charge is -2.02. The van der Waals surface area contributed by atoms with Crippen molar-refractivity contribution >= 4 is 16.8 Å². The molecule has 0 spiro atoms. The van der Waals surface area contributed by atoms with Crippen LogP contribution in [0.2, 0.25) is 0 Å². The quantitative estimate of drug-likeness (QED) is 0.587. The second-order valence-electron chi connectivity index (χ2n) is 4.75. The normalized spacial score (nSPS) is 11.0. The van der Waals surface area contributed by atoms with Gasteiger partial charge in [-0.15, -0.1) is 0 Å². The number of para-hydroxylation sites is 1. The molecule has 0 saturated heterocycles. The summed E-state index contributed by atoms with van der Waals surface area (Å²) in [4.78, 5) is 4.15. The van der Waals surface area contributed by atoms with Gasteiger partial charge in [0.1, 0.15) is 11.8 Å². The maximum atomic E-state index is 6.02. The number of anilines is 1. The number of rotatable bonds is 2. The Labute approximate surface area is 120 Å². The average Bonchev–Trinajstić information content (AvgIpc) is 3.11. The first kappa shape index (κ1) is 11.7. The summed E-state index contributed by atoms with van der Waals surface area (Å²) in [5.41, 5.74) is 10.4. The van der Waals surface area contributed by atoms with E-state index in [1.165, 1.54) is 0 Å². The van der Waals surface area contributed by atoms with E-state index in [0.29, 0.717) is 5.82 Å². The second kappa shape index (κ2) is 4.49. The van der Waals surface area contributed by atoms with Gasteiger partial charge in [-0.2, -0.15) is 5.10 Å². The Morgan fingerprint density at radius 1 is 1.10 bits per heavy atom. The van der Waals surface area contributed by atoms with Crippen LogP contribution < -0.4 is 5.73 Å². The number of hydrogen-bond donors (Lipinski definition) is 2. The minimum Gasteiger partial charge on any atom is -0.464 e. The number of furan rings is 1. The molecule has 0 atom stereocenters. The van der Waals surface area contributed by atoms with E-state index in [4.69, 9.17) is 10.2 Å². The van der Waals surface area contributed by atoms with E-state index in [0.717, 1.165) is 33.4 Å². The summed E-state index contributed by atoms with van der Waals surface area (Å²) in [7, 11) is 0. The molecule has 1 aromatic carbocycles. The predicted octanol–water partition coefficient (Wildman–Crippen LogP) is 3.47. The van der Waals surface area contributed by atoms with Gasteiger partial charge in [0.2, 0.25) is 0 Å². The van der Waals surface area contributed by atoms with E-state index in [9.17, 15) is 0 Å². The Balaban J connectivity index is 1.98. The Morgan fingerprint density at radius 2 is 2.00 bits per heavy atom. The molecule has 102 valence electrons. The van der Waals surface area contributed by atoms with Gasteiger partial charge in [0.15, 0.2) is 5.82 Å². The summed E-state index contributed by atoms with van der Waals surface area (Å²) in [5, 5.41) is 8.16. The van der Waals surface area contributed by atoms with E-state index in [1.807, 2.05) is 36.4 Å². The van der Waals surface area contributed by atoms with Crippen molar-refractivity contribution in [2.24, 2.45) is 0 Å². The number of nitrogen functional groups attached to an aromatic ring is 1. The van der Waals surface area contributed by atoms with Gasteiger partial charge in [0.05, 0.1) is 11.3 Å². The largest absolute Gasteiger partial charge is 0.464 e. The first-order chi connectivity index (χ1) is 10.3. The molecule has 21 heavy (non-hydrogen) atoms. The highest BCUT2D eigenvalue weighted by Crippen LogP contribution is 2.38. The van der Waals surface area contributed by atoms with E-state index >= 15 is 0 Å². The smallest absolute Gasteiger partial charge is 0.153 e. The maximum Gasteiger partial charge on any atom is 0.153 e. The van der Waals surface area contributed by atoms with Crippen LogP contribution in [-0.4, -0.2) is 15.2 Å². The topological polar surface area (TPSA) is 80.7 Å². The number of benzene rings is 1. The second-order valence-corrected chi connectivity index (χ2v) is 4.75. The van der Waals surface area contributed by atoms with Crippen molar-refractivity contribution < 1.29 is 4.42 Å². The number of nitrogens with two attached hydrogens (primary N) is 1. The van der Waals surface area contributed by atoms with E-state index in [-0.39, 0.29) is 0 Å². The predicted molar refractivity (Wildman–Crippen MR) is 81.4 cm³/mol. The summed E-state index contributed by atoms with van der Waals surface area (Å²) in [5.74, 6) is 0.447. The zero-order valence-corrected chi connectivity index (χ0v) is 11.1. The zero-order chi connectivity index (χ0) is 14.2. The fraction of sp³-hybridized carbons (Fsp3) is 0. The molecule has 3 aromatic heterocycles. The van der Waals surface area contributed by atoms with Crippen LogP contribution in [0.3, 0.4) is 0 Å². The first-order valence-corrected chi connectivity index (χ1v) is 6.55. The molecular formula is C16H12N4O. The van der Waals surface area contributed by atoms with Crippen molar-refractivity contribution in [1.82, 2.24) is 15.2 Å². The third kappa shape index (κ3) is 1.79. The summed E-state index contributed by atoms with van der Waals surface area (Å²) in [6, 6.07) is 11.7. The summed E-state index contributed by atoms with van der Waals surface area (Å²) >= 11 is 0. The zero-order valence-electron chi connectivity index (χ0n) is 11.1. The lowest BCUT2D eigenvalue weighted by molar-refractivity contribution is 0.617. The summed E-state index contributed by atoms with van der Waals surface area (Å²) < 4.78 is 5.60. The number of nitrogens with one attached hydrogen (secondary N) is 1. The number of fused-ring (bicyclic) bond motifs is 1. The Bertz CT molecular complexity index is 908. The van der Waals surface area contributed by atoms with E-state index in [2.05, 4.69) is 15.2 Å². The molecule has 4 rings (SSSR count). The fourth-order valence-electron chi connectivity index (χ4n) is 2.53. The third-order valence-electron chi connectivity index (χ3n) is 3.49. The molecule has 0 aliphatic carbocycles. The molecule has 0 saturated carbocycles. The minimum absolute atomic E-state index is 0.447. The van der Waals surface area contributed by atoms with Crippen LogP contribution in [0, 0.1) is 0 Å². The molecule has 5 nitrogen and oxygen atoms in total. The van der Waals surface area contributed by atoms with Crippen molar-refractivity contribution in [3.63, 3.8) is 0 Å². The number of pyridine rings is 1. The number of H-pyrrole nitrogens is 1. The molecule has 3 N–H and O–H groups in total. The molecule has 5 heteroatoms. The SMILES string of the molecule is Nc1n[nH]c(-c2coc3ccccc23)c1-c1cccnc1. The lowest BCUT2D eigenvalue weighted by Crippen LogP contribution is -1.89. The fourth-order valence-corrected chi connectivity index (χ4v) is 2.53. The van der Waals surface area contributed by atoms with Crippen molar-refractivity contribution in [3.05, 3.63) is 55.1 Å². The van der Waals surface area contributed by atoms with E-state index in [1.54, 1.807) is 18.7 Å². The van der Waals surface area contributed by atoms with E-state index < -0.39 is 0 Å². The van der Waals surface area contributed by atoms with Gasteiger partial charge in [-0.1, -0.05) is 24.3 Å². The van der Waals surface area contributed by atoms with Crippen molar-refractivity contribution in [2.45, 2.75) is 0 Å². The Kier molecular flexibility index (Phi) is 2.50. The van der Waals surface area contributed by atoms with Crippen LogP contribution >= 0.6 is 0 Å². The van der Waals surface area contributed by atoms with Gasteiger partial charge >= 0.3 is 0 Å². The highest BCUT2D eigenvalue weighted by atomic mass is 16.3. The van der Waals surface area contributed by atoms with Crippen molar-refractivity contribution in [3.8, 4) is 22.4 Å². The molecular weight excluding hydrogens is 264 g/mol. The van der Waals surface area contributed by atoms with Crippen molar-refractivity contribution in [2.75, 3.05) is 5.73 Å². The summed E-state index contributed by atoms with van der Waals surface area (Å²) in [6.45, 7) is 0. The number of nitrogens with zero attached hydrogens (tertiary/aromatic N) is 2. The van der Waals surface area contributed by atoms with Gasteiger partial charge < -0.3 is 10.2 Å². The van der Waals surface area contributed by atoms with Crippen LogP contribution in [0.1, 0.15) is 0 Å². The monoisotopic (exact) mass is 276 g/mol. The molecule has 3 heterocycles. The van der Waals surface area contributed by atoms with Gasteiger partial charge in [0, 0.05) is 28.9 Å². The maximum absolute atomic E-state index is 6.02. The van der Waals surface area contributed by atoms with Gasteiger partial charge in [0.25, 0.3) is 0 Å². The third-order valence-corrected chi connectivity index (χ3v) is 3.49. The first-order valence-electron chi connectivity index (χ1n) is 6.55. The molecule has 0 radical (unpaired) electrons. The summed E-state index contributed by atoms with van der Waals surface area (Å²) in [6.07, 6.45) is 5.22. The van der Waals surface area contributed by atoms with Crippen LogP contribution in [0.25, 0.3) is 33.4 Å². The highest BCUT2D eigenvalue weighted by Gasteiger charge is 2.18. The van der Waals surface area contributed by atoms with Crippen LogP contribution in [0.15, 0.2) is 59.5 Å². The molecule has 0 aliphatic rings. The van der Waals surface area contributed by atoms with Gasteiger partial charge in [-0.25, -0.2) is 0 Å². The Morgan fingerprint density at radius 3 is 2.86 bits per heavy atom. The molecule has 0 bridgehead atoms. The van der Waals surface area contributed by atoms with Gasteiger partial charge in [-0.3, -0.25) is 10.1 Å². The van der Waals surface area contributed by atoms with Gasteiger partial charge in [-0.05, 0) is 12.1 Å². The molecule has 0 aliphatic heterocycles.